The summed E-state index contributed by atoms with van der Waals surface area (Å²) in [5.41, 5.74) is 4.12. The van der Waals surface area contributed by atoms with Gasteiger partial charge >= 0.3 is 0 Å². The molecule has 0 fully saturated rings. The molecule has 186 valence electrons. The number of benzene rings is 3. The van der Waals surface area contributed by atoms with Crippen LogP contribution in [-0.2, 0) is 5.75 Å². The van der Waals surface area contributed by atoms with Crippen molar-refractivity contribution in [2.45, 2.75) is 38.6 Å². The SMILES string of the molecule is Cc1cc(C)cc(-n2c(SCc3ccc(F)cc3Cl)nc3cc(C(=O)NCC(C)C)ccc3c2=O)c1. The molecule has 1 aromatic heterocycles. The quantitative estimate of drug-likeness (QED) is 0.222. The van der Waals surface area contributed by atoms with Crippen molar-refractivity contribution < 1.29 is 9.18 Å². The molecule has 0 aliphatic carbocycles. The van der Waals surface area contributed by atoms with Crippen molar-refractivity contribution in [3.63, 3.8) is 0 Å². The molecule has 36 heavy (non-hydrogen) atoms. The highest BCUT2D eigenvalue weighted by Gasteiger charge is 2.17. The van der Waals surface area contributed by atoms with Gasteiger partial charge in [0.1, 0.15) is 5.82 Å². The van der Waals surface area contributed by atoms with Gasteiger partial charge in [-0.25, -0.2) is 9.37 Å². The molecule has 3 aromatic carbocycles. The summed E-state index contributed by atoms with van der Waals surface area (Å²) in [7, 11) is 0. The average molecular weight is 524 g/mol. The number of fused-ring (bicyclic) bond motifs is 1. The Kier molecular flexibility index (Phi) is 7.81. The van der Waals surface area contributed by atoms with E-state index in [-0.39, 0.29) is 11.5 Å². The summed E-state index contributed by atoms with van der Waals surface area (Å²) < 4.78 is 15.1. The molecule has 8 heteroatoms. The third kappa shape index (κ3) is 5.79. The number of thioether (sulfide) groups is 1. The van der Waals surface area contributed by atoms with E-state index in [1.807, 2.05) is 45.9 Å². The lowest BCUT2D eigenvalue weighted by Gasteiger charge is -2.15. The molecule has 0 atom stereocenters. The molecule has 0 aliphatic heterocycles. The first kappa shape index (κ1) is 25.9. The molecule has 0 saturated carbocycles. The van der Waals surface area contributed by atoms with Crippen LogP contribution in [0.3, 0.4) is 0 Å². The van der Waals surface area contributed by atoms with Crippen LogP contribution in [0.4, 0.5) is 4.39 Å². The van der Waals surface area contributed by atoms with Gasteiger partial charge in [-0.15, -0.1) is 0 Å². The number of halogens is 2. The zero-order chi connectivity index (χ0) is 26.0. The maximum absolute atomic E-state index is 13.7. The number of hydrogen-bond donors (Lipinski definition) is 1. The molecular weight excluding hydrogens is 497 g/mol. The van der Waals surface area contributed by atoms with Crippen molar-refractivity contribution >= 4 is 40.2 Å². The fourth-order valence-corrected chi connectivity index (χ4v) is 5.22. The monoisotopic (exact) mass is 523 g/mol. The van der Waals surface area contributed by atoms with Crippen LogP contribution in [0.1, 0.15) is 40.9 Å². The molecule has 0 bridgehead atoms. The first-order valence-corrected chi connectivity index (χ1v) is 13.0. The Bertz CT molecular complexity index is 1500. The van der Waals surface area contributed by atoms with E-state index in [9.17, 15) is 14.0 Å². The maximum atomic E-state index is 13.7. The zero-order valence-electron chi connectivity index (χ0n) is 20.6. The van der Waals surface area contributed by atoms with Crippen LogP contribution in [0.5, 0.6) is 0 Å². The van der Waals surface area contributed by atoms with E-state index in [0.717, 1.165) is 16.7 Å². The summed E-state index contributed by atoms with van der Waals surface area (Å²) >= 11 is 7.57. The summed E-state index contributed by atoms with van der Waals surface area (Å²) in [6.45, 7) is 8.55. The van der Waals surface area contributed by atoms with Crippen LogP contribution in [0.2, 0.25) is 5.02 Å². The first-order valence-electron chi connectivity index (χ1n) is 11.6. The molecule has 0 saturated heterocycles. The smallest absolute Gasteiger partial charge is 0.266 e. The zero-order valence-corrected chi connectivity index (χ0v) is 22.1. The Morgan fingerprint density at radius 3 is 2.47 bits per heavy atom. The van der Waals surface area contributed by atoms with Crippen molar-refractivity contribution in [2.75, 3.05) is 6.54 Å². The third-order valence-corrected chi connectivity index (χ3v) is 6.95. The number of aryl methyl sites for hydroxylation is 2. The number of nitrogens with one attached hydrogen (secondary N) is 1. The van der Waals surface area contributed by atoms with E-state index in [4.69, 9.17) is 16.6 Å². The number of carbonyl (C=O) groups is 1. The van der Waals surface area contributed by atoms with E-state index >= 15 is 0 Å². The standard InChI is InChI=1S/C28H27ClFN3O2S/c1-16(2)14-31-26(34)19-6-8-23-25(12-19)32-28(36-15-20-5-7-21(30)13-24(20)29)33(27(23)35)22-10-17(3)9-18(4)11-22/h5-13,16H,14-15H2,1-4H3,(H,31,34). The molecule has 0 spiro atoms. The van der Waals surface area contributed by atoms with Crippen LogP contribution in [0.15, 0.2) is 64.5 Å². The molecule has 0 radical (unpaired) electrons. The Labute approximate surface area is 218 Å². The van der Waals surface area contributed by atoms with Gasteiger partial charge in [-0.2, -0.15) is 0 Å². The second-order valence-electron chi connectivity index (χ2n) is 9.24. The highest BCUT2D eigenvalue weighted by atomic mass is 35.5. The van der Waals surface area contributed by atoms with E-state index < -0.39 is 5.82 Å². The van der Waals surface area contributed by atoms with Gasteiger partial charge < -0.3 is 5.32 Å². The number of aromatic nitrogens is 2. The minimum absolute atomic E-state index is 0.210. The Hall–Kier alpha value is -3.16. The second kappa shape index (κ2) is 10.8. The van der Waals surface area contributed by atoms with Crippen LogP contribution in [0.25, 0.3) is 16.6 Å². The normalized spacial score (nSPS) is 11.3. The first-order chi connectivity index (χ1) is 17.1. The van der Waals surface area contributed by atoms with Crippen molar-refractivity contribution in [1.29, 1.82) is 0 Å². The summed E-state index contributed by atoms with van der Waals surface area (Å²) in [6, 6.07) is 15.1. The van der Waals surface area contributed by atoms with Crippen molar-refractivity contribution in [2.24, 2.45) is 5.92 Å². The second-order valence-corrected chi connectivity index (χ2v) is 10.6. The summed E-state index contributed by atoms with van der Waals surface area (Å²) in [6.07, 6.45) is 0. The average Bonchev–Trinajstić information content (AvgIpc) is 2.81. The van der Waals surface area contributed by atoms with Crippen LogP contribution in [-0.4, -0.2) is 22.0 Å². The van der Waals surface area contributed by atoms with Gasteiger partial charge in [-0.1, -0.05) is 49.3 Å². The molecule has 4 aromatic rings. The molecule has 0 unspecified atom stereocenters. The summed E-state index contributed by atoms with van der Waals surface area (Å²) in [5.74, 6) is 0.0844. The molecule has 1 heterocycles. The number of nitrogens with zero attached hydrogens (tertiary/aromatic N) is 2. The largest absolute Gasteiger partial charge is 0.352 e. The van der Waals surface area contributed by atoms with Gasteiger partial charge in [0.05, 0.1) is 16.6 Å². The predicted octanol–water partition coefficient (Wildman–Crippen LogP) is 6.47. The van der Waals surface area contributed by atoms with Crippen LogP contribution >= 0.6 is 23.4 Å². The summed E-state index contributed by atoms with van der Waals surface area (Å²) in [4.78, 5) is 31.2. The lowest BCUT2D eigenvalue weighted by molar-refractivity contribution is 0.0949. The fraction of sp³-hybridized carbons (Fsp3) is 0.250. The van der Waals surface area contributed by atoms with E-state index in [1.54, 1.807) is 28.8 Å². The van der Waals surface area contributed by atoms with Gasteiger partial charge in [0.15, 0.2) is 5.16 Å². The summed E-state index contributed by atoms with van der Waals surface area (Å²) in [5, 5.41) is 4.08. The highest BCUT2D eigenvalue weighted by molar-refractivity contribution is 7.98. The van der Waals surface area contributed by atoms with Crippen molar-refractivity contribution in [3.8, 4) is 5.69 Å². The topological polar surface area (TPSA) is 64.0 Å². The molecular formula is C28H27ClFN3O2S. The molecule has 1 amide bonds. The van der Waals surface area contributed by atoms with E-state index in [2.05, 4.69) is 5.32 Å². The Morgan fingerprint density at radius 2 is 1.81 bits per heavy atom. The number of amides is 1. The van der Waals surface area contributed by atoms with E-state index in [0.29, 0.717) is 50.5 Å². The molecule has 1 N–H and O–H groups in total. The Morgan fingerprint density at radius 1 is 1.08 bits per heavy atom. The molecule has 4 rings (SSSR count). The van der Waals surface area contributed by atoms with Gasteiger partial charge in [0.25, 0.3) is 11.5 Å². The Balaban J connectivity index is 1.83. The molecule has 0 aliphatic rings. The van der Waals surface area contributed by atoms with Crippen molar-refractivity contribution in [1.82, 2.24) is 14.9 Å². The molecule has 5 nitrogen and oxygen atoms in total. The minimum Gasteiger partial charge on any atom is -0.352 e. The van der Waals surface area contributed by atoms with Crippen LogP contribution in [0, 0.1) is 25.6 Å². The third-order valence-electron chi connectivity index (χ3n) is 5.61. The number of rotatable bonds is 7. The minimum atomic E-state index is -0.409. The van der Waals surface area contributed by atoms with Crippen LogP contribution < -0.4 is 10.9 Å². The predicted molar refractivity (Wildman–Crippen MR) is 145 cm³/mol. The highest BCUT2D eigenvalue weighted by Crippen LogP contribution is 2.29. The van der Waals surface area contributed by atoms with Gasteiger partial charge in [0.2, 0.25) is 0 Å². The van der Waals surface area contributed by atoms with Gasteiger partial charge in [0, 0.05) is 22.9 Å². The number of hydrogen-bond acceptors (Lipinski definition) is 4. The van der Waals surface area contributed by atoms with Gasteiger partial charge in [-0.05, 0) is 78.9 Å². The number of carbonyl (C=O) groups excluding carboxylic acids is 1. The van der Waals surface area contributed by atoms with Crippen molar-refractivity contribution in [3.05, 3.63) is 98.0 Å². The van der Waals surface area contributed by atoms with E-state index in [1.165, 1.54) is 23.9 Å². The maximum Gasteiger partial charge on any atom is 0.266 e. The lowest BCUT2D eigenvalue weighted by atomic mass is 10.1. The van der Waals surface area contributed by atoms with Gasteiger partial charge in [-0.3, -0.25) is 14.2 Å². The fourth-order valence-electron chi connectivity index (χ4n) is 3.89. The lowest BCUT2D eigenvalue weighted by Crippen LogP contribution is -2.27.